The van der Waals surface area contributed by atoms with E-state index >= 15 is 0 Å². The Labute approximate surface area is 69.2 Å². The molecule has 1 fully saturated rings. The fourth-order valence-corrected chi connectivity index (χ4v) is 1.17. The molecule has 11 heavy (non-hydrogen) atoms. The van der Waals surface area contributed by atoms with Gasteiger partial charge in [-0.05, 0) is 18.7 Å². The van der Waals surface area contributed by atoms with Crippen molar-refractivity contribution in [3.05, 3.63) is 0 Å². The van der Waals surface area contributed by atoms with Crippen LogP contribution in [0.4, 0.5) is 0 Å². The van der Waals surface area contributed by atoms with Crippen molar-refractivity contribution in [2.75, 3.05) is 6.61 Å². The van der Waals surface area contributed by atoms with Gasteiger partial charge >= 0.3 is 0 Å². The lowest BCUT2D eigenvalue weighted by Crippen LogP contribution is -2.33. The third-order valence-electron chi connectivity index (χ3n) is 2.40. The summed E-state index contributed by atoms with van der Waals surface area (Å²) in [6.07, 6.45) is 1.04. The molecule has 0 aromatic rings. The van der Waals surface area contributed by atoms with Gasteiger partial charge in [0.15, 0.2) is 5.79 Å². The zero-order valence-electron chi connectivity index (χ0n) is 7.50. The van der Waals surface area contributed by atoms with Crippen molar-refractivity contribution in [3.8, 4) is 0 Å². The Hall–Kier alpha value is -0.0151. The molecule has 1 aliphatic heterocycles. The van der Waals surface area contributed by atoms with Gasteiger partial charge in [0.25, 0.3) is 0 Å². The smallest absolute Gasteiger partial charge is 0.158 e. The van der Waals surface area contributed by atoms with Crippen molar-refractivity contribution in [2.24, 2.45) is 5.92 Å². The molecule has 2 nitrogen and oxygen atoms in total. The van der Waals surface area contributed by atoms with Crippen LogP contribution >= 0.6 is 0 Å². The summed E-state index contributed by atoms with van der Waals surface area (Å²) in [5.41, 5.74) is 0. The van der Waals surface area contributed by atoms with E-state index in [9.17, 15) is 5.11 Å². The Kier molecular flexibility index (Phi) is 2.60. The summed E-state index contributed by atoms with van der Waals surface area (Å²) >= 11 is 0. The largest absolute Gasteiger partial charge is 0.366 e. The maximum Gasteiger partial charge on any atom is 0.158 e. The molecule has 1 N–H and O–H groups in total. The van der Waals surface area contributed by atoms with Gasteiger partial charge in [-0.3, -0.25) is 0 Å². The molecule has 1 aliphatic rings. The molecule has 3 heteroatoms. The van der Waals surface area contributed by atoms with Crippen LogP contribution in [0.5, 0.6) is 0 Å². The van der Waals surface area contributed by atoms with E-state index < -0.39 is 5.79 Å². The van der Waals surface area contributed by atoms with Crippen LogP contribution in [0.1, 0.15) is 20.8 Å². The predicted octanol–water partition coefficient (Wildman–Crippen LogP) is 1.29. The van der Waals surface area contributed by atoms with Crippen LogP contribution in [0.3, 0.4) is 0 Å². The Balaban J connectivity index is 2.56. The summed E-state index contributed by atoms with van der Waals surface area (Å²) in [6.45, 7) is 6.50. The van der Waals surface area contributed by atoms with Crippen LogP contribution in [0.25, 0.3) is 0 Å². The van der Waals surface area contributed by atoms with E-state index in [2.05, 4.69) is 14.2 Å². The highest BCUT2D eigenvalue weighted by Gasteiger charge is 2.32. The Bertz CT molecular complexity index is 136. The summed E-state index contributed by atoms with van der Waals surface area (Å²) in [5.74, 6) is -0.288. The van der Waals surface area contributed by atoms with E-state index in [0.29, 0.717) is 12.5 Å². The number of ether oxygens (including phenoxy) is 1. The average Bonchev–Trinajstić information content (AvgIpc) is 2.03. The zero-order valence-corrected chi connectivity index (χ0v) is 7.50. The molecule has 3 unspecified atom stereocenters. The van der Waals surface area contributed by atoms with Crippen LogP contribution in [-0.4, -0.2) is 24.8 Å². The molecular formula is C8H16BO2. The molecule has 0 aliphatic carbocycles. The minimum absolute atomic E-state index is 0.132. The number of rotatable bonds is 0. The first-order valence-electron chi connectivity index (χ1n) is 4.22. The molecule has 0 spiro atoms. The number of hydrogen-bond donors (Lipinski definition) is 1. The van der Waals surface area contributed by atoms with Crippen LogP contribution in [0, 0.1) is 5.92 Å². The molecule has 3 atom stereocenters. The summed E-state index contributed by atoms with van der Waals surface area (Å²) in [5, 5.41) is 9.69. The lowest BCUT2D eigenvalue weighted by atomic mass is 9.58. The van der Waals surface area contributed by atoms with E-state index in [1.165, 1.54) is 0 Å². The van der Waals surface area contributed by atoms with Gasteiger partial charge in [-0.25, -0.2) is 0 Å². The van der Waals surface area contributed by atoms with Crippen molar-refractivity contribution >= 4 is 7.28 Å². The molecule has 0 aromatic carbocycles. The lowest BCUT2D eigenvalue weighted by Gasteiger charge is -2.27. The molecule has 1 radical (unpaired) electrons. The Morgan fingerprint density at radius 2 is 2.18 bits per heavy atom. The van der Waals surface area contributed by atoms with Crippen molar-refractivity contribution in [3.63, 3.8) is 0 Å². The molecule has 0 aromatic heterocycles. The van der Waals surface area contributed by atoms with Crippen LogP contribution in [0.15, 0.2) is 0 Å². The van der Waals surface area contributed by atoms with Crippen LogP contribution < -0.4 is 0 Å². The zero-order chi connectivity index (χ0) is 8.48. The van der Waals surface area contributed by atoms with Crippen molar-refractivity contribution in [2.45, 2.75) is 38.7 Å². The highest BCUT2D eigenvalue weighted by atomic mass is 16.6. The molecule has 1 heterocycles. The third kappa shape index (κ3) is 2.21. The lowest BCUT2D eigenvalue weighted by molar-refractivity contribution is -0.192. The average molecular weight is 155 g/mol. The minimum atomic E-state index is -0.954. The Morgan fingerprint density at radius 3 is 2.82 bits per heavy atom. The number of hydrogen-bond acceptors (Lipinski definition) is 2. The normalized spacial score (nSPS) is 46.2. The highest BCUT2D eigenvalue weighted by Crippen LogP contribution is 2.29. The molecule has 0 amide bonds. The van der Waals surface area contributed by atoms with Crippen molar-refractivity contribution in [1.82, 2.24) is 0 Å². The van der Waals surface area contributed by atoms with Gasteiger partial charge in [0.1, 0.15) is 7.28 Å². The van der Waals surface area contributed by atoms with Crippen LogP contribution in [0.2, 0.25) is 12.1 Å². The van der Waals surface area contributed by atoms with Gasteiger partial charge in [-0.1, -0.05) is 20.2 Å². The first-order chi connectivity index (χ1) is 5.02. The SMILES string of the molecule is CC1C[B]C(C)C(C)(O)OC1. The summed E-state index contributed by atoms with van der Waals surface area (Å²) in [4.78, 5) is 0. The van der Waals surface area contributed by atoms with E-state index in [-0.39, 0.29) is 5.82 Å². The molecule has 0 bridgehead atoms. The molecule has 0 saturated carbocycles. The fraction of sp³-hybridized carbons (Fsp3) is 1.00. The van der Waals surface area contributed by atoms with Crippen molar-refractivity contribution in [1.29, 1.82) is 0 Å². The van der Waals surface area contributed by atoms with Crippen molar-refractivity contribution < 1.29 is 9.84 Å². The third-order valence-corrected chi connectivity index (χ3v) is 2.40. The Morgan fingerprint density at radius 1 is 1.55 bits per heavy atom. The first kappa shape index (κ1) is 9.08. The van der Waals surface area contributed by atoms with E-state index in [1.807, 2.05) is 6.92 Å². The van der Waals surface area contributed by atoms with Gasteiger partial charge in [0.2, 0.25) is 0 Å². The fourth-order valence-electron chi connectivity index (χ4n) is 1.17. The summed E-state index contributed by atoms with van der Waals surface area (Å²) < 4.78 is 5.34. The summed E-state index contributed by atoms with van der Waals surface area (Å²) in [7, 11) is 2.14. The highest BCUT2D eigenvalue weighted by molar-refractivity contribution is 6.38. The predicted molar refractivity (Wildman–Crippen MR) is 45.7 cm³/mol. The van der Waals surface area contributed by atoms with E-state index in [0.717, 1.165) is 6.32 Å². The van der Waals surface area contributed by atoms with Gasteiger partial charge in [0.05, 0.1) is 6.61 Å². The second-order valence-electron chi connectivity index (χ2n) is 3.73. The minimum Gasteiger partial charge on any atom is -0.366 e. The first-order valence-corrected chi connectivity index (χ1v) is 4.22. The number of aliphatic hydroxyl groups is 1. The molecule has 1 rings (SSSR count). The van der Waals surface area contributed by atoms with Gasteiger partial charge < -0.3 is 9.84 Å². The topological polar surface area (TPSA) is 29.5 Å². The molecule has 63 valence electrons. The van der Waals surface area contributed by atoms with Gasteiger partial charge in [-0.15, -0.1) is 0 Å². The van der Waals surface area contributed by atoms with Crippen LogP contribution in [-0.2, 0) is 4.74 Å². The molecular weight excluding hydrogens is 139 g/mol. The standard InChI is InChI=1S/C8H16BO2/c1-6-4-9-7(2)8(3,10)11-5-6/h6-7,10H,4-5H2,1-3H3. The maximum atomic E-state index is 9.69. The second-order valence-corrected chi connectivity index (χ2v) is 3.73. The van der Waals surface area contributed by atoms with E-state index in [1.54, 1.807) is 6.92 Å². The quantitative estimate of drug-likeness (QED) is 0.534. The van der Waals surface area contributed by atoms with Gasteiger partial charge in [0, 0.05) is 0 Å². The summed E-state index contributed by atoms with van der Waals surface area (Å²) in [6, 6.07) is 0. The maximum absolute atomic E-state index is 9.69. The van der Waals surface area contributed by atoms with E-state index in [4.69, 9.17) is 4.74 Å². The van der Waals surface area contributed by atoms with Gasteiger partial charge in [-0.2, -0.15) is 0 Å². The monoisotopic (exact) mass is 155 g/mol. The second kappa shape index (κ2) is 3.15. The molecule has 1 saturated heterocycles.